The van der Waals surface area contributed by atoms with Gasteiger partial charge in [0.25, 0.3) is 5.91 Å². The Balaban J connectivity index is 0.00000180. The van der Waals surface area contributed by atoms with Crippen molar-refractivity contribution in [3.05, 3.63) is 35.4 Å². The van der Waals surface area contributed by atoms with E-state index in [0.29, 0.717) is 6.42 Å². The quantitative estimate of drug-likeness (QED) is 0.580. The Kier molecular flexibility index (Phi) is 4.60. The molecule has 7 nitrogen and oxygen atoms in total. The Morgan fingerprint density at radius 1 is 1.21 bits per heavy atom. The monoisotopic (exact) mass is 265 g/mol. The maximum Gasteiger partial charge on any atom is 0.322 e. The van der Waals surface area contributed by atoms with E-state index in [1.165, 1.54) is 0 Å². The molecule has 7 heteroatoms. The van der Waals surface area contributed by atoms with Gasteiger partial charge in [0.15, 0.2) is 0 Å². The van der Waals surface area contributed by atoms with Crippen molar-refractivity contribution in [3.63, 3.8) is 0 Å². The molecule has 102 valence electrons. The van der Waals surface area contributed by atoms with E-state index in [2.05, 4.69) is 10.6 Å². The van der Waals surface area contributed by atoms with Crippen LogP contribution >= 0.6 is 0 Å². The topological polar surface area (TPSA) is 133 Å². The fourth-order valence-corrected chi connectivity index (χ4v) is 1.94. The molecule has 1 unspecified atom stereocenters. The summed E-state index contributed by atoms with van der Waals surface area (Å²) in [5, 5.41) is 4.68. The number of imide groups is 1. The van der Waals surface area contributed by atoms with E-state index in [1.807, 2.05) is 12.1 Å². The number of amides is 4. The number of urea groups is 1. The molecule has 6 N–H and O–H groups in total. The summed E-state index contributed by atoms with van der Waals surface area (Å²) in [5.41, 5.74) is 6.77. The zero-order valence-corrected chi connectivity index (χ0v) is 10.1. The highest BCUT2D eigenvalue weighted by Gasteiger charge is 2.29. The smallest absolute Gasteiger partial charge is 0.322 e. The first-order chi connectivity index (χ1) is 8.56. The Morgan fingerprint density at radius 2 is 1.84 bits per heavy atom. The number of nitrogens with one attached hydrogen (secondary N) is 2. The largest absolute Gasteiger partial charge is 0.412 e. The zero-order chi connectivity index (χ0) is 13.1. The summed E-state index contributed by atoms with van der Waals surface area (Å²) < 4.78 is 0. The number of primary amides is 1. The lowest BCUT2D eigenvalue weighted by Crippen LogP contribution is -2.31. The number of benzene rings is 1. The number of carbonyl (C=O) groups is 3. The third-order valence-electron chi connectivity index (χ3n) is 2.77. The van der Waals surface area contributed by atoms with Crippen molar-refractivity contribution >= 4 is 17.8 Å². The van der Waals surface area contributed by atoms with Crippen LogP contribution in [0.3, 0.4) is 0 Å². The van der Waals surface area contributed by atoms with Gasteiger partial charge in [0.2, 0.25) is 5.91 Å². The standard InChI is InChI=1S/C12H13N3O3.H2O/c13-10(16)6-8-4-2-1-3-7(8)5-9-11(17)15-12(18)14-9;/h1-4,9H,5-6H2,(H2,13,16)(H2,14,15,17,18);1H2. The molecule has 0 aliphatic carbocycles. The summed E-state index contributed by atoms with van der Waals surface area (Å²) in [4.78, 5) is 33.4. The molecule has 1 aromatic carbocycles. The first kappa shape index (κ1) is 14.7. The Labute approximate surface area is 109 Å². The number of rotatable bonds is 4. The van der Waals surface area contributed by atoms with E-state index in [-0.39, 0.29) is 17.8 Å². The van der Waals surface area contributed by atoms with Crippen LogP contribution in [-0.4, -0.2) is 29.4 Å². The van der Waals surface area contributed by atoms with E-state index >= 15 is 0 Å². The highest BCUT2D eigenvalue weighted by Crippen LogP contribution is 2.13. The average molecular weight is 265 g/mol. The lowest BCUT2D eigenvalue weighted by atomic mass is 9.98. The van der Waals surface area contributed by atoms with Crippen molar-refractivity contribution in [2.45, 2.75) is 18.9 Å². The average Bonchev–Trinajstić information content (AvgIpc) is 2.59. The lowest BCUT2D eigenvalue weighted by molar-refractivity contribution is -0.120. The van der Waals surface area contributed by atoms with Crippen LogP contribution < -0.4 is 16.4 Å². The van der Waals surface area contributed by atoms with Crippen molar-refractivity contribution in [1.29, 1.82) is 0 Å². The minimum atomic E-state index is -0.591. The molecule has 0 radical (unpaired) electrons. The fraction of sp³-hybridized carbons (Fsp3) is 0.250. The van der Waals surface area contributed by atoms with Crippen LogP contribution in [0.15, 0.2) is 24.3 Å². The van der Waals surface area contributed by atoms with Gasteiger partial charge in [-0.15, -0.1) is 0 Å². The van der Waals surface area contributed by atoms with Gasteiger partial charge in [0, 0.05) is 6.42 Å². The molecule has 1 fully saturated rings. The molecule has 1 aliphatic heterocycles. The van der Waals surface area contributed by atoms with E-state index < -0.39 is 18.0 Å². The Hall–Kier alpha value is -2.41. The molecule has 4 amide bonds. The first-order valence-electron chi connectivity index (χ1n) is 5.52. The molecule has 1 heterocycles. The molecule has 1 aromatic rings. The van der Waals surface area contributed by atoms with E-state index in [9.17, 15) is 14.4 Å². The second-order valence-corrected chi connectivity index (χ2v) is 4.13. The third-order valence-corrected chi connectivity index (χ3v) is 2.77. The van der Waals surface area contributed by atoms with Gasteiger partial charge >= 0.3 is 6.03 Å². The van der Waals surface area contributed by atoms with Crippen molar-refractivity contribution in [1.82, 2.24) is 10.6 Å². The van der Waals surface area contributed by atoms with Crippen molar-refractivity contribution in [2.24, 2.45) is 5.73 Å². The number of hydrogen-bond acceptors (Lipinski definition) is 3. The lowest BCUT2D eigenvalue weighted by Gasteiger charge is -2.11. The predicted octanol–water partition coefficient (Wildman–Crippen LogP) is -1.36. The maximum absolute atomic E-state index is 11.4. The molecule has 0 spiro atoms. The van der Waals surface area contributed by atoms with Crippen LogP contribution in [0, 0.1) is 0 Å². The van der Waals surface area contributed by atoms with Gasteiger partial charge in [-0.25, -0.2) is 4.79 Å². The van der Waals surface area contributed by atoms with Crippen molar-refractivity contribution in [2.75, 3.05) is 0 Å². The molecule has 19 heavy (non-hydrogen) atoms. The van der Waals surface area contributed by atoms with Crippen molar-refractivity contribution in [3.8, 4) is 0 Å². The summed E-state index contributed by atoms with van der Waals surface area (Å²) in [6.07, 6.45) is 0.472. The van der Waals surface area contributed by atoms with Gasteiger partial charge in [-0.3, -0.25) is 14.9 Å². The summed E-state index contributed by atoms with van der Waals surface area (Å²) in [6, 6.07) is 6.14. The van der Waals surface area contributed by atoms with Gasteiger partial charge in [0.1, 0.15) is 6.04 Å². The van der Waals surface area contributed by atoms with Gasteiger partial charge in [-0.05, 0) is 11.1 Å². The second-order valence-electron chi connectivity index (χ2n) is 4.13. The van der Waals surface area contributed by atoms with Crippen LogP contribution in [-0.2, 0) is 22.4 Å². The van der Waals surface area contributed by atoms with Gasteiger partial charge in [-0.1, -0.05) is 24.3 Å². The molecule has 2 rings (SSSR count). The zero-order valence-electron chi connectivity index (χ0n) is 10.1. The van der Waals surface area contributed by atoms with Crippen LogP contribution in [0.1, 0.15) is 11.1 Å². The van der Waals surface area contributed by atoms with E-state index in [1.54, 1.807) is 12.1 Å². The molecule has 0 aromatic heterocycles. The highest BCUT2D eigenvalue weighted by atomic mass is 16.2. The second kappa shape index (κ2) is 5.96. The number of hydrogen-bond donors (Lipinski definition) is 3. The van der Waals surface area contributed by atoms with Crippen LogP contribution in [0.2, 0.25) is 0 Å². The highest BCUT2D eigenvalue weighted by molar-refractivity contribution is 6.04. The number of nitrogens with two attached hydrogens (primary N) is 1. The van der Waals surface area contributed by atoms with E-state index in [4.69, 9.17) is 5.73 Å². The molecule has 1 atom stereocenters. The van der Waals surface area contributed by atoms with E-state index in [0.717, 1.165) is 11.1 Å². The van der Waals surface area contributed by atoms with Crippen LogP contribution in [0.4, 0.5) is 4.79 Å². The van der Waals surface area contributed by atoms with Crippen molar-refractivity contribution < 1.29 is 19.9 Å². The van der Waals surface area contributed by atoms with Crippen LogP contribution in [0.5, 0.6) is 0 Å². The number of carbonyl (C=O) groups excluding carboxylic acids is 3. The maximum atomic E-state index is 11.4. The minimum Gasteiger partial charge on any atom is -0.412 e. The predicted molar refractivity (Wildman–Crippen MR) is 67.1 cm³/mol. The summed E-state index contributed by atoms with van der Waals surface area (Å²) in [7, 11) is 0. The molecule has 0 bridgehead atoms. The summed E-state index contributed by atoms with van der Waals surface area (Å²) in [5.74, 6) is -0.781. The Morgan fingerprint density at radius 3 is 2.37 bits per heavy atom. The molecule has 1 aliphatic rings. The van der Waals surface area contributed by atoms with Gasteiger partial charge in [-0.2, -0.15) is 0 Å². The molecule has 1 saturated heterocycles. The molecular weight excluding hydrogens is 250 g/mol. The molecular formula is C12H15N3O4. The normalized spacial score (nSPS) is 17.4. The summed E-state index contributed by atoms with van der Waals surface area (Å²) >= 11 is 0. The van der Waals surface area contributed by atoms with Gasteiger partial charge < -0.3 is 16.5 Å². The summed E-state index contributed by atoms with van der Waals surface area (Å²) in [6.45, 7) is 0. The SMILES string of the molecule is NC(=O)Cc1ccccc1CC1NC(=O)NC1=O.O. The minimum absolute atomic E-state index is 0. The fourth-order valence-electron chi connectivity index (χ4n) is 1.94. The Bertz CT molecular complexity index is 515. The first-order valence-corrected chi connectivity index (χ1v) is 5.52. The third kappa shape index (κ3) is 3.52. The van der Waals surface area contributed by atoms with Gasteiger partial charge in [0.05, 0.1) is 6.42 Å². The van der Waals surface area contributed by atoms with Crippen LogP contribution in [0.25, 0.3) is 0 Å². The molecule has 0 saturated carbocycles.